The third-order valence-electron chi connectivity index (χ3n) is 5.02. The number of hydrogen-bond donors (Lipinski definition) is 0. The summed E-state index contributed by atoms with van der Waals surface area (Å²) in [7, 11) is 0. The SMILES string of the molecule is [C-]#[N+]/N=C1C=C/C(=C(/C#N)[N+]#[C-])C=C\1N(c1c(F)c(F)c(C#N)c(F)c1F)c1c(F)c(F)c(C#N)c(F)c1F. The van der Waals surface area contributed by atoms with Crippen LogP contribution >= 0.6 is 0 Å². The van der Waals surface area contributed by atoms with Gasteiger partial charge in [-0.05, 0) is 17.7 Å². The van der Waals surface area contributed by atoms with Gasteiger partial charge in [-0.25, -0.2) is 45.2 Å². The van der Waals surface area contributed by atoms with E-state index < -0.39 is 96.6 Å². The molecule has 1 aliphatic carbocycles. The van der Waals surface area contributed by atoms with Crippen LogP contribution in [-0.4, -0.2) is 5.71 Å². The molecule has 0 N–H and O–H groups in total. The van der Waals surface area contributed by atoms with Crippen LogP contribution in [0.3, 0.4) is 0 Å². The molecule has 0 fully saturated rings. The van der Waals surface area contributed by atoms with Gasteiger partial charge in [0.05, 0.1) is 23.4 Å². The second-order valence-corrected chi connectivity index (χ2v) is 6.99. The summed E-state index contributed by atoms with van der Waals surface area (Å²) >= 11 is 0. The second kappa shape index (κ2) is 10.6. The van der Waals surface area contributed by atoms with Crippen molar-refractivity contribution in [3.63, 3.8) is 0 Å². The lowest BCUT2D eigenvalue weighted by Crippen LogP contribution is -2.29. The summed E-state index contributed by atoms with van der Waals surface area (Å²) in [5.41, 5.74) is -10.9. The number of nitrogens with zero attached hydrogens (tertiary/aromatic N) is 7. The smallest absolute Gasteiger partial charge is 0.269 e. The molecule has 0 amide bonds. The third kappa shape index (κ3) is 4.29. The highest BCUT2D eigenvalue weighted by Gasteiger charge is 2.39. The Morgan fingerprint density at radius 3 is 1.49 bits per heavy atom. The van der Waals surface area contributed by atoms with Crippen molar-refractivity contribution >= 4 is 17.1 Å². The molecular formula is C24H3F8N7. The lowest BCUT2D eigenvalue weighted by molar-refractivity contribution is 0.443. The van der Waals surface area contributed by atoms with Crippen LogP contribution in [0.1, 0.15) is 11.1 Å². The largest absolute Gasteiger partial charge is 0.297 e. The highest BCUT2D eigenvalue weighted by Crippen LogP contribution is 2.43. The molecule has 0 aromatic heterocycles. The Bertz CT molecular complexity index is 1650. The van der Waals surface area contributed by atoms with E-state index in [1.54, 1.807) is 0 Å². The second-order valence-electron chi connectivity index (χ2n) is 6.99. The Kier molecular flexibility index (Phi) is 7.47. The molecule has 2 aromatic rings. The zero-order valence-corrected chi connectivity index (χ0v) is 18.4. The van der Waals surface area contributed by atoms with E-state index in [9.17, 15) is 17.6 Å². The van der Waals surface area contributed by atoms with Gasteiger partial charge < -0.3 is 0 Å². The van der Waals surface area contributed by atoms with Crippen LogP contribution in [0.15, 0.2) is 40.3 Å². The zero-order chi connectivity index (χ0) is 29.2. The Balaban J connectivity index is 2.68. The summed E-state index contributed by atoms with van der Waals surface area (Å²) in [4.78, 5) is 5.04. The number of allylic oxidation sites excluding steroid dienone is 5. The molecule has 15 heteroatoms. The first kappa shape index (κ1) is 27.6. The van der Waals surface area contributed by atoms with Gasteiger partial charge in [-0.3, -0.25) is 4.90 Å². The molecule has 0 spiro atoms. The summed E-state index contributed by atoms with van der Waals surface area (Å²) in [5, 5.41) is 30.1. The molecular weight excluding hydrogens is 538 g/mol. The number of benzene rings is 2. The van der Waals surface area contributed by atoms with E-state index in [1.807, 2.05) is 0 Å². The molecule has 0 aliphatic heterocycles. The standard InChI is InChI=1S/C24H3F8N7/c1-36-13(8-35)9-3-4-12(38-37-2)14(5-9)39(23-19(29)15(25)10(6-33)16(26)20(23)30)24-21(31)17(27)11(7-34)18(28)22(24)32/h3-5H/b13-9+,38-12+. The first-order valence-corrected chi connectivity index (χ1v) is 9.69. The number of rotatable bonds is 3. The van der Waals surface area contributed by atoms with Crippen LogP contribution in [0.5, 0.6) is 0 Å². The van der Waals surface area contributed by atoms with Crippen LogP contribution in [-0.2, 0) is 0 Å². The normalized spacial score (nSPS) is 14.4. The van der Waals surface area contributed by atoms with Crippen molar-refractivity contribution < 1.29 is 35.1 Å². The number of nitriles is 3. The van der Waals surface area contributed by atoms with E-state index in [4.69, 9.17) is 28.9 Å². The van der Waals surface area contributed by atoms with E-state index in [2.05, 4.69) is 14.9 Å². The Morgan fingerprint density at radius 2 is 1.15 bits per heavy atom. The molecule has 3 rings (SSSR count). The minimum absolute atomic E-state index is 0.442. The molecule has 0 radical (unpaired) electrons. The van der Waals surface area contributed by atoms with Crippen LogP contribution < -0.4 is 4.90 Å². The number of hydrogen-bond acceptors (Lipinski definition) is 5. The van der Waals surface area contributed by atoms with Crippen LogP contribution in [0.25, 0.3) is 9.80 Å². The topological polar surface area (TPSA) is 95.7 Å². The maximum Gasteiger partial charge on any atom is 0.269 e. The maximum atomic E-state index is 15.2. The van der Waals surface area contributed by atoms with Crippen molar-refractivity contribution in [2.45, 2.75) is 0 Å². The number of anilines is 2. The van der Waals surface area contributed by atoms with Gasteiger partial charge in [-0.1, -0.05) is 6.08 Å². The van der Waals surface area contributed by atoms with E-state index in [-0.39, 0.29) is 0 Å². The monoisotopic (exact) mass is 541 g/mol. The molecule has 190 valence electrons. The minimum Gasteiger partial charge on any atom is -0.297 e. The van der Waals surface area contributed by atoms with Crippen molar-refractivity contribution in [1.29, 1.82) is 15.8 Å². The maximum absolute atomic E-state index is 15.2. The fraction of sp³-hybridized carbons (Fsp3) is 0. The Hall–Kier alpha value is -5.98. The molecule has 7 nitrogen and oxygen atoms in total. The highest BCUT2D eigenvalue weighted by atomic mass is 19.2. The summed E-state index contributed by atoms with van der Waals surface area (Å²) in [6.07, 6.45) is 2.28. The quantitative estimate of drug-likeness (QED) is 0.154. The Labute approximate surface area is 212 Å². The zero-order valence-electron chi connectivity index (χ0n) is 18.4. The van der Waals surface area contributed by atoms with E-state index in [0.29, 0.717) is 6.08 Å². The van der Waals surface area contributed by atoms with Crippen molar-refractivity contribution in [2.24, 2.45) is 5.10 Å². The van der Waals surface area contributed by atoms with Crippen molar-refractivity contribution in [1.82, 2.24) is 0 Å². The molecule has 0 bridgehead atoms. The predicted octanol–water partition coefficient (Wildman–Crippen LogP) is 6.11. The molecule has 39 heavy (non-hydrogen) atoms. The first-order chi connectivity index (χ1) is 18.5. The molecule has 0 atom stereocenters. The van der Waals surface area contributed by atoms with Crippen molar-refractivity contribution in [3.8, 4) is 18.2 Å². The third-order valence-corrected chi connectivity index (χ3v) is 5.02. The summed E-state index contributed by atoms with van der Waals surface area (Å²) in [6, 6.07) is 3.09. The van der Waals surface area contributed by atoms with E-state index in [0.717, 1.165) is 24.3 Å². The van der Waals surface area contributed by atoms with Gasteiger partial charge in [0, 0.05) is 0 Å². The molecule has 1 aliphatic rings. The van der Waals surface area contributed by atoms with Gasteiger partial charge in [0.2, 0.25) is 0 Å². The van der Waals surface area contributed by atoms with Crippen molar-refractivity contribution in [3.05, 3.63) is 116 Å². The van der Waals surface area contributed by atoms with Gasteiger partial charge in [0.25, 0.3) is 5.70 Å². The fourth-order valence-corrected chi connectivity index (χ4v) is 3.32. The van der Waals surface area contributed by atoms with Gasteiger partial charge in [-0.2, -0.15) is 17.1 Å². The van der Waals surface area contributed by atoms with Gasteiger partial charge in [-0.15, -0.1) is 4.95 Å². The Morgan fingerprint density at radius 1 is 0.718 bits per heavy atom. The predicted molar refractivity (Wildman–Crippen MR) is 115 cm³/mol. The highest BCUT2D eigenvalue weighted by molar-refractivity contribution is 6.14. The van der Waals surface area contributed by atoms with Gasteiger partial charge in [0.15, 0.2) is 52.2 Å². The first-order valence-electron chi connectivity index (χ1n) is 9.69. The van der Waals surface area contributed by atoms with Gasteiger partial charge in [0.1, 0.15) is 34.6 Å². The summed E-state index contributed by atoms with van der Waals surface area (Å²) in [5.74, 6) is -19.4. The average Bonchev–Trinajstić information content (AvgIpc) is 2.92. The molecule has 0 saturated carbocycles. The number of halogens is 8. The molecule has 0 heterocycles. The minimum atomic E-state index is -2.48. The summed E-state index contributed by atoms with van der Waals surface area (Å²) in [6.45, 7) is 14.0. The van der Waals surface area contributed by atoms with Crippen LogP contribution in [0.4, 0.5) is 46.5 Å². The van der Waals surface area contributed by atoms with E-state index in [1.165, 1.54) is 6.07 Å². The van der Waals surface area contributed by atoms with E-state index >= 15 is 17.6 Å². The molecule has 2 aromatic carbocycles. The molecule has 0 unspecified atom stereocenters. The van der Waals surface area contributed by atoms with Crippen molar-refractivity contribution in [2.75, 3.05) is 4.90 Å². The van der Waals surface area contributed by atoms with Crippen LogP contribution in [0.2, 0.25) is 0 Å². The molecule has 0 saturated heterocycles. The lowest BCUT2D eigenvalue weighted by atomic mass is 10.00. The van der Waals surface area contributed by atoms with Crippen LogP contribution in [0, 0.1) is 93.7 Å². The average molecular weight is 541 g/mol. The van der Waals surface area contributed by atoms with Gasteiger partial charge >= 0.3 is 0 Å². The fourth-order valence-electron chi connectivity index (χ4n) is 3.32. The summed E-state index contributed by atoms with van der Waals surface area (Å²) < 4.78 is 119. The lowest BCUT2D eigenvalue weighted by Gasteiger charge is -2.30.